The number of aromatic nitrogens is 3. The molecule has 3 heterocycles. The first-order valence-corrected chi connectivity index (χ1v) is 8.42. The van der Waals surface area contributed by atoms with Gasteiger partial charge in [-0.05, 0) is 54.6 Å². The lowest BCUT2D eigenvalue weighted by Crippen LogP contribution is -2.14. The average Bonchev–Trinajstić information content (AvgIpc) is 3.40. The van der Waals surface area contributed by atoms with Crippen molar-refractivity contribution in [3.63, 3.8) is 0 Å². The molecule has 1 amide bonds. The maximum Gasteiger partial charge on any atom is 0.291 e. The summed E-state index contributed by atoms with van der Waals surface area (Å²) in [6.45, 7) is 0.115. The van der Waals surface area contributed by atoms with Crippen LogP contribution < -0.4 is 10.1 Å². The number of hydrogen-bond acceptors (Lipinski definition) is 5. The lowest BCUT2D eigenvalue weighted by Gasteiger charge is -2.08. The third kappa shape index (κ3) is 3.90. The van der Waals surface area contributed by atoms with Crippen LogP contribution in [0.4, 0.5) is 10.1 Å². The number of amides is 1. The Hall–Kier alpha value is -3.94. The number of carbonyl (C=O) groups excluding carboxylic acids is 1. The zero-order valence-electron chi connectivity index (χ0n) is 14.6. The molecule has 0 fully saturated rings. The molecule has 3 aromatic heterocycles. The van der Waals surface area contributed by atoms with E-state index in [9.17, 15) is 9.18 Å². The van der Waals surface area contributed by atoms with Crippen molar-refractivity contribution in [2.24, 2.45) is 0 Å². The number of anilines is 1. The number of halogens is 1. The molecule has 0 aliphatic rings. The predicted octanol–water partition coefficient (Wildman–Crippen LogP) is 3.83. The topological polar surface area (TPSA) is 82.2 Å². The fourth-order valence-electron chi connectivity index (χ4n) is 2.52. The highest BCUT2D eigenvalue weighted by Gasteiger charge is 2.15. The van der Waals surface area contributed by atoms with Crippen molar-refractivity contribution in [1.29, 1.82) is 0 Å². The molecule has 0 bridgehead atoms. The first-order chi connectivity index (χ1) is 13.7. The van der Waals surface area contributed by atoms with Gasteiger partial charge < -0.3 is 14.5 Å². The van der Waals surface area contributed by atoms with E-state index in [0.717, 1.165) is 0 Å². The van der Waals surface area contributed by atoms with Crippen LogP contribution >= 0.6 is 0 Å². The number of rotatable bonds is 6. The second-order valence-electron chi connectivity index (χ2n) is 5.79. The van der Waals surface area contributed by atoms with Gasteiger partial charge in [0.2, 0.25) is 0 Å². The van der Waals surface area contributed by atoms with E-state index in [-0.39, 0.29) is 18.2 Å². The Morgan fingerprint density at radius 1 is 1.11 bits per heavy atom. The third-order valence-electron chi connectivity index (χ3n) is 3.84. The van der Waals surface area contributed by atoms with Crippen LogP contribution in [0.3, 0.4) is 0 Å². The minimum absolute atomic E-state index is 0.115. The number of hydrogen-bond donors (Lipinski definition) is 1. The summed E-state index contributed by atoms with van der Waals surface area (Å²) in [6.07, 6.45) is 4.97. The molecule has 0 spiro atoms. The molecule has 0 radical (unpaired) electrons. The Balaban J connectivity index is 1.43. The molecule has 0 atom stereocenters. The smallest absolute Gasteiger partial charge is 0.291 e. The largest absolute Gasteiger partial charge is 0.486 e. The number of nitrogens with zero attached hydrogens (tertiary/aromatic N) is 3. The van der Waals surface area contributed by atoms with Crippen LogP contribution in [0.5, 0.6) is 5.75 Å². The Morgan fingerprint density at radius 3 is 2.75 bits per heavy atom. The molecule has 0 aliphatic heterocycles. The Bertz CT molecular complexity index is 1080. The summed E-state index contributed by atoms with van der Waals surface area (Å²) in [6, 6.07) is 14.1. The first kappa shape index (κ1) is 17.5. The lowest BCUT2D eigenvalue weighted by atomic mass is 10.3. The van der Waals surface area contributed by atoms with Crippen molar-refractivity contribution in [2.75, 3.05) is 5.32 Å². The fourth-order valence-corrected chi connectivity index (χ4v) is 2.52. The predicted molar refractivity (Wildman–Crippen MR) is 98.8 cm³/mol. The molecule has 4 rings (SSSR count). The van der Waals surface area contributed by atoms with Gasteiger partial charge in [-0.2, -0.15) is 5.10 Å². The van der Waals surface area contributed by atoms with Crippen molar-refractivity contribution in [2.45, 2.75) is 6.61 Å². The molecule has 0 unspecified atom stereocenters. The Labute approximate surface area is 159 Å². The van der Waals surface area contributed by atoms with Crippen LogP contribution in [0, 0.1) is 5.82 Å². The number of nitrogens with one attached hydrogen (secondary N) is 1. The van der Waals surface area contributed by atoms with Gasteiger partial charge in [0.25, 0.3) is 5.91 Å². The lowest BCUT2D eigenvalue weighted by molar-refractivity contribution is 0.0992. The van der Waals surface area contributed by atoms with Crippen LogP contribution in [0.1, 0.15) is 16.3 Å². The van der Waals surface area contributed by atoms with Crippen LogP contribution in [-0.4, -0.2) is 20.7 Å². The number of furan rings is 1. The standard InChI is InChI=1S/C20H15FN4O3/c21-14-4-6-15(7-5-14)27-13-16-8-9-18(28-16)20(26)24-17-3-1-10-22-19(17)25-12-2-11-23-25/h1-12H,13H2,(H,24,26). The van der Waals surface area contributed by atoms with E-state index in [2.05, 4.69) is 15.4 Å². The van der Waals surface area contributed by atoms with Gasteiger partial charge in [0.1, 0.15) is 23.9 Å². The van der Waals surface area contributed by atoms with Crippen LogP contribution in [0.15, 0.2) is 77.6 Å². The second kappa shape index (κ2) is 7.75. The fraction of sp³-hybridized carbons (Fsp3) is 0.0500. The zero-order chi connectivity index (χ0) is 19.3. The van der Waals surface area contributed by atoms with Gasteiger partial charge in [-0.25, -0.2) is 14.1 Å². The molecule has 1 aromatic carbocycles. The molecule has 8 heteroatoms. The summed E-state index contributed by atoms with van der Waals surface area (Å²) >= 11 is 0. The quantitative estimate of drug-likeness (QED) is 0.551. The second-order valence-corrected chi connectivity index (χ2v) is 5.79. The maximum absolute atomic E-state index is 12.9. The highest BCUT2D eigenvalue weighted by molar-refractivity contribution is 6.03. The molecular formula is C20H15FN4O3. The van der Waals surface area contributed by atoms with E-state index in [4.69, 9.17) is 9.15 Å². The number of benzene rings is 1. The van der Waals surface area contributed by atoms with Gasteiger partial charge in [-0.15, -0.1) is 0 Å². The molecule has 28 heavy (non-hydrogen) atoms. The molecule has 7 nitrogen and oxygen atoms in total. The summed E-state index contributed by atoms with van der Waals surface area (Å²) < 4.78 is 25.5. The van der Waals surface area contributed by atoms with E-state index < -0.39 is 5.91 Å². The first-order valence-electron chi connectivity index (χ1n) is 8.42. The summed E-state index contributed by atoms with van der Waals surface area (Å²) in [5.41, 5.74) is 0.497. The highest BCUT2D eigenvalue weighted by atomic mass is 19.1. The number of carbonyl (C=O) groups is 1. The van der Waals surface area contributed by atoms with E-state index >= 15 is 0 Å². The third-order valence-corrected chi connectivity index (χ3v) is 3.84. The average molecular weight is 378 g/mol. The summed E-state index contributed by atoms with van der Waals surface area (Å²) in [7, 11) is 0. The van der Waals surface area contributed by atoms with Gasteiger partial charge in [0, 0.05) is 18.6 Å². The van der Waals surface area contributed by atoms with Crippen molar-refractivity contribution < 1.29 is 18.3 Å². The van der Waals surface area contributed by atoms with Crippen molar-refractivity contribution in [3.8, 4) is 11.6 Å². The van der Waals surface area contributed by atoms with Crippen LogP contribution in [0.2, 0.25) is 0 Å². The van der Waals surface area contributed by atoms with Crippen molar-refractivity contribution in [3.05, 3.63) is 90.5 Å². The van der Waals surface area contributed by atoms with E-state index in [1.807, 2.05) is 0 Å². The minimum atomic E-state index is -0.422. The maximum atomic E-state index is 12.9. The SMILES string of the molecule is O=C(Nc1cccnc1-n1cccn1)c1ccc(COc2ccc(F)cc2)o1. The summed E-state index contributed by atoms with van der Waals surface area (Å²) in [4.78, 5) is 16.8. The van der Waals surface area contributed by atoms with E-state index in [1.165, 1.54) is 24.3 Å². The summed E-state index contributed by atoms with van der Waals surface area (Å²) in [5.74, 6) is 0.833. The molecule has 0 aliphatic carbocycles. The Morgan fingerprint density at radius 2 is 1.96 bits per heavy atom. The van der Waals surface area contributed by atoms with E-state index in [1.54, 1.807) is 53.6 Å². The molecule has 4 aromatic rings. The van der Waals surface area contributed by atoms with Crippen LogP contribution in [0.25, 0.3) is 5.82 Å². The van der Waals surface area contributed by atoms with Gasteiger partial charge >= 0.3 is 0 Å². The van der Waals surface area contributed by atoms with Gasteiger partial charge in [-0.3, -0.25) is 4.79 Å². The molecular weight excluding hydrogens is 363 g/mol. The normalized spacial score (nSPS) is 10.6. The molecule has 1 N–H and O–H groups in total. The van der Waals surface area contributed by atoms with Gasteiger partial charge in [0.05, 0.1) is 5.69 Å². The van der Waals surface area contributed by atoms with Gasteiger partial charge in [0.15, 0.2) is 11.6 Å². The van der Waals surface area contributed by atoms with Crippen molar-refractivity contribution in [1.82, 2.24) is 14.8 Å². The monoisotopic (exact) mass is 378 g/mol. The van der Waals surface area contributed by atoms with Gasteiger partial charge in [-0.1, -0.05) is 0 Å². The van der Waals surface area contributed by atoms with E-state index in [0.29, 0.717) is 23.0 Å². The Kier molecular flexibility index (Phi) is 4.83. The highest BCUT2D eigenvalue weighted by Crippen LogP contribution is 2.19. The number of pyridine rings is 1. The minimum Gasteiger partial charge on any atom is -0.486 e. The molecule has 0 saturated heterocycles. The van der Waals surface area contributed by atoms with Crippen LogP contribution in [-0.2, 0) is 6.61 Å². The molecule has 140 valence electrons. The summed E-state index contributed by atoms with van der Waals surface area (Å²) in [5, 5.41) is 6.90. The zero-order valence-corrected chi connectivity index (χ0v) is 14.6. The molecule has 0 saturated carbocycles. The number of ether oxygens (including phenoxy) is 1. The van der Waals surface area contributed by atoms with Crippen molar-refractivity contribution >= 4 is 11.6 Å².